The first-order chi connectivity index (χ1) is 13.5. The fraction of sp³-hybridized carbons (Fsp3) is 0.278. The molecule has 11 heteroatoms. The van der Waals surface area contributed by atoms with Gasteiger partial charge in [-0.2, -0.15) is 4.72 Å². The van der Waals surface area contributed by atoms with Crippen molar-refractivity contribution in [2.75, 3.05) is 14.1 Å². The highest BCUT2D eigenvalue weighted by molar-refractivity contribution is 7.89. The summed E-state index contributed by atoms with van der Waals surface area (Å²) in [5, 5.41) is 2.50. The maximum Gasteiger partial charge on any atom is 0.244 e. The quantitative estimate of drug-likeness (QED) is 0.634. The van der Waals surface area contributed by atoms with Gasteiger partial charge in [0.1, 0.15) is 10.7 Å². The molecule has 0 saturated carbocycles. The highest BCUT2D eigenvalue weighted by atomic mass is 32.2. The minimum Gasteiger partial charge on any atom is -0.351 e. The van der Waals surface area contributed by atoms with Gasteiger partial charge in [-0.15, -0.1) is 0 Å². The Kier molecular flexibility index (Phi) is 7.11. The SMILES string of the molecule is C[C@H](NS(=O)(=O)c1ccccc1F)C(=O)NCc1ccccc1S(=O)(=O)N(C)C. The van der Waals surface area contributed by atoms with Gasteiger partial charge in [-0.05, 0) is 30.7 Å². The second kappa shape index (κ2) is 8.99. The van der Waals surface area contributed by atoms with Crippen LogP contribution in [0.15, 0.2) is 58.3 Å². The van der Waals surface area contributed by atoms with Gasteiger partial charge in [-0.25, -0.2) is 25.5 Å². The molecule has 158 valence electrons. The van der Waals surface area contributed by atoms with Crippen molar-refractivity contribution in [3.05, 3.63) is 59.9 Å². The van der Waals surface area contributed by atoms with E-state index >= 15 is 0 Å². The Morgan fingerprint density at radius 2 is 1.55 bits per heavy atom. The van der Waals surface area contributed by atoms with Crippen LogP contribution < -0.4 is 10.0 Å². The second-order valence-corrected chi connectivity index (χ2v) is 10.2. The fourth-order valence-electron chi connectivity index (χ4n) is 2.45. The number of halogens is 1. The number of nitrogens with one attached hydrogen (secondary N) is 2. The molecule has 1 amide bonds. The average Bonchev–Trinajstić information content (AvgIpc) is 2.65. The Labute approximate surface area is 169 Å². The molecule has 2 aromatic rings. The van der Waals surface area contributed by atoms with Crippen molar-refractivity contribution < 1.29 is 26.0 Å². The summed E-state index contributed by atoms with van der Waals surface area (Å²) < 4.78 is 66.3. The number of benzene rings is 2. The van der Waals surface area contributed by atoms with Crippen LogP contribution in [-0.2, 0) is 31.4 Å². The molecule has 0 aliphatic carbocycles. The predicted octanol–water partition coefficient (Wildman–Crippen LogP) is 1.06. The van der Waals surface area contributed by atoms with E-state index in [2.05, 4.69) is 10.0 Å². The molecule has 8 nitrogen and oxygen atoms in total. The van der Waals surface area contributed by atoms with Crippen LogP contribution in [-0.4, -0.2) is 47.2 Å². The van der Waals surface area contributed by atoms with E-state index < -0.39 is 42.7 Å². The number of carbonyl (C=O) groups is 1. The molecular formula is C18H22FN3O5S2. The molecule has 0 aromatic heterocycles. The van der Waals surface area contributed by atoms with Crippen molar-refractivity contribution in [1.29, 1.82) is 0 Å². The zero-order valence-electron chi connectivity index (χ0n) is 16.1. The van der Waals surface area contributed by atoms with Crippen molar-refractivity contribution in [3.8, 4) is 0 Å². The molecule has 2 N–H and O–H groups in total. The standard InChI is InChI=1S/C18H22FN3O5S2/c1-13(21-28(24,25)17-11-7-5-9-15(17)19)18(23)20-12-14-8-4-6-10-16(14)29(26,27)22(2)3/h4-11,13,21H,12H2,1-3H3,(H,20,23)/t13-/m0/s1. The van der Waals surface area contributed by atoms with E-state index in [0.29, 0.717) is 5.56 Å². The van der Waals surface area contributed by atoms with Crippen LogP contribution in [0.25, 0.3) is 0 Å². The molecule has 0 radical (unpaired) electrons. The normalized spacial score (nSPS) is 13.3. The van der Waals surface area contributed by atoms with Crippen LogP contribution in [0.3, 0.4) is 0 Å². The Hall–Kier alpha value is -2.34. The van der Waals surface area contributed by atoms with Crippen LogP contribution in [0.2, 0.25) is 0 Å². The Balaban J connectivity index is 2.12. The molecule has 0 unspecified atom stereocenters. The van der Waals surface area contributed by atoms with Crippen LogP contribution in [0.5, 0.6) is 0 Å². The summed E-state index contributed by atoms with van der Waals surface area (Å²) in [5.41, 5.74) is 0.346. The molecule has 2 aromatic carbocycles. The summed E-state index contributed by atoms with van der Waals surface area (Å²) in [6.45, 7) is 1.17. The maximum atomic E-state index is 13.7. The third kappa shape index (κ3) is 5.38. The van der Waals surface area contributed by atoms with Gasteiger partial charge in [-0.3, -0.25) is 4.79 Å². The Bertz CT molecular complexity index is 1100. The van der Waals surface area contributed by atoms with E-state index in [1.54, 1.807) is 18.2 Å². The second-order valence-electron chi connectivity index (χ2n) is 6.39. The largest absolute Gasteiger partial charge is 0.351 e. The molecule has 0 heterocycles. The Morgan fingerprint density at radius 3 is 2.14 bits per heavy atom. The topological polar surface area (TPSA) is 113 Å². The number of rotatable bonds is 8. The van der Waals surface area contributed by atoms with Crippen LogP contribution in [0.4, 0.5) is 4.39 Å². The van der Waals surface area contributed by atoms with Crippen molar-refractivity contribution in [3.63, 3.8) is 0 Å². The zero-order valence-corrected chi connectivity index (χ0v) is 17.7. The minimum absolute atomic E-state index is 0.0323. The molecule has 2 rings (SSSR count). The van der Waals surface area contributed by atoms with E-state index in [1.165, 1.54) is 39.2 Å². The number of sulfonamides is 2. The number of amides is 1. The monoisotopic (exact) mass is 443 g/mol. The highest BCUT2D eigenvalue weighted by Gasteiger charge is 2.25. The third-order valence-corrected chi connectivity index (χ3v) is 7.53. The lowest BCUT2D eigenvalue weighted by Gasteiger charge is -2.17. The summed E-state index contributed by atoms with van der Waals surface area (Å²) in [5.74, 6) is -1.63. The molecule has 29 heavy (non-hydrogen) atoms. The van der Waals surface area contributed by atoms with Crippen LogP contribution in [0.1, 0.15) is 12.5 Å². The first-order valence-electron chi connectivity index (χ1n) is 8.52. The molecular weight excluding hydrogens is 421 g/mol. The molecule has 0 fully saturated rings. The van der Waals surface area contributed by atoms with Crippen molar-refractivity contribution >= 4 is 26.0 Å². The number of nitrogens with zero attached hydrogens (tertiary/aromatic N) is 1. The van der Waals surface area contributed by atoms with Gasteiger partial charge in [0.2, 0.25) is 26.0 Å². The van der Waals surface area contributed by atoms with Crippen molar-refractivity contribution in [2.24, 2.45) is 0 Å². The molecule has 0 aliphatic heterocycles. The van der Waals surface area contributed by atoms with Gasteiger partial charge in [0.25, 0.3) is 0 Å². The van der Waals surface area contributed by atoms with Gasteiger partial charge >= 0.3 is 0 Å². The third-order valence-electron chi connectivity index (χ3n) is 4.04. The number of hydrogen-bond donors (Lipinski definition) is 2. The van der Waals surface area contributed by atoms with Crippen LogP contribution >= 0.6 is 0 Å². The molecule has 0 spiro atoms. The van der Waals surface area contributed by atoms with E-state index in [9.17, 15) is 26.0 Å². The van der Waals surface area contributed by atoms with Crippen molar-refractivity contribution in [1.82, 2.24) is 14.3 Å². The van der Waals surface area contributed by atoms with Gasteiger partial charge in [-0.1, -0.05) is 30.3 Å². The van der Waals surface area contributed by atoms with Crippen LogP contribution in [0, 0.1) is 5.82 Å². The Morgan fingerprint density at radius 1 is 1.00 bits per heavy atom. The molecule has 1 atom stereocenters. The summed E-state index contributed by atoms with van der Waals surface area (Å²) in [7, 11) is -5.18. The smallest absolute Gasteiger partial charge is 0.244 e. The molecule has 0 saturated heterocycles. The van der Waals surface area contributed by atoms with Gasteiger partial charge in [0.05, 0.1) is 10.9 Å². The fourth-order valence-corrected chi connectivity index (χ4v) is 4.84. The summed E-state index contributed by atoms with van der Waals surface area (Å²) in [6, 6.07) is 9.75. The van der Waals surface area contributed by atoms with E-state index in [0.717, 1.165) is 16.4 Å². The minimum atomic E-state index is -4.25. The number of hydrogen-bond acceptors (Lipinski definition) is 5. The summed E-state index contributed by atoms with van der Waals surface area (Å²) in [4.78, 5) is 11.8. The first-order valence-corrected chi connectivity index (χ1v) is 11.4. The maximum absolute atomic E-state index is 13.7. The summed E-state index contributed by atoms with van der Waals surface area (Å²) in [6.07, 6.45) is 0. The lowest BCUT2D eigenvalue weighted by atomic mass is 10.2. The van der Waals surface area contributed by atoms with E-state index in [-0.39, 0.29) is 11.4 Å². The molecule has 0 bridgehead atoms. The van der Waals surface area contributed by atoms with E-state index in [1.807, 2.05) is 0 Å². The van der Waals surface area contributed by atoms with E-state index in [4.69, 9.17) is 0 Å². The lowest BCUT2D eigenvalue weighted by molar-refractivity contribution is -0.122. The van der Waals surface area contributed by atoms with Gasteiger partial charge < -0.3 is 5.32 Å². The van der Waals surface area contributed by atoms with Crippen molar-refractivity contribution in [2.45, 2.75) is 29.3 Å². The lowest BCUT2D eigenvalue weighted by Crippen LogP contribution is -2.44. The first kappa shape index (κ1) is 22.9. The van der Waals surface area contributed by atoms with Gasteiger partial charge in [0, 0.05) is 20.6 Å². The average molecular weight is 444 g/mol. The van der Waals surface area contributed by atoms with Gasteiger partial charge in [0.15, 0.2) is 0 Å². The summed E-state index contributed by atoms with van der Waals surface area (Å²) >= 11 is 0. The zero-order chi connectivity index (χ0) is 21.8. The number of carbonyl (C=O) groups excluding carboxylic acids is 1. The molecule has 0 aliphatic rings. The highest BCUT2D eigenvalue weighted by Crippen LogP contribution is 2.18. The predicted molar refractivity (Wildman–Crippen MR) is 105 cm³/mol.